The molecule has 1 aliphatic rings. The van der Waals surface area contributed by atoms with Crippen LogP contribution in [0.3, 0.4) is 0 Å². The molecule has 2 aromatic rings. The van der Waals surface area contributed by atoms with E-state index in [1.807, 2.05) is 12.1 Å². The molecular weight excluding hydrogens is 441 g/mol. The Morgan fingerprint density at radius 3 is 2.40 bits per heavy atom. The molecule has 1 aliphatic carbocycles. The molecule has 2 aromatic carbocycles. The Morgan fingerprint density at radius 2 is 1.70 bits per heavy atom. The van der Waals surface area contributed by atoms with Crippen molar-refractivity contribution < 1.29 is 9.59 Å². The van der Waals surface area contributed by atoms with Crippen LogP contribution in [-0.4, -0.2) is 30.0 Å². The third-order valence-electron chi connectivity index (χ3n) is 5.15. The fourth-order valence-corrected chi connectivity index (χ4v) is 4.18. The van der Waals surface area contributed by atoms with Crippen LogP contribution in [0.25, 0.3) is 0 Å². The summed E-state index contributed by atoms with van der Waals surface area (Å²) in [7, 11) is 1.71. The normalized spacial score (nSPS) is 14.1. The third-order valence-corrected chi connectivity index (χ3v) is 6.08. The molecule has 3 rings (SSSR count). The van der Waals surface area contributed by atoms with Crippen molar-refractivity contribution in [3.8, 4) is 0 Å². The van der Waals surface area contributed by atoms with Crippen molar-refractivity contribution in [1.29, 1.82) is 0 Å². The summed E-state index contributed by atoms with van der Waals surface area (Å²) < 4.78 is 0. The van der Waals surface area contributed by atoms with E-state index in [9.17, 15) is 9.59 Å². The number of rotatable bonds is 4. The van der Waals surface area contributed by atoms with Crippen LogP contribution in [0.1, 0.15) is 52.8 Å². The molecule has 0 bridgehead atoms. The number of halogens is 2. The van der Waals surface area contributed by atoms with Gasteiger partial charge >= 0.3 is 0 Å². The van der Waals surface area contributed by atoms with E-state index in [2.05, 4.69) is 10.6 Å². The Balaban J connectivity index is 1.72. The summed E-state index contributed by atoms with van der Waals surface area (Å²) in [6, 6.07) is 12.0. The smallest absolute Gasteiger partial charge is 0.258 e. The van der Waals surface area contributed by atoms with Gasteiger partial charge < -0.3 is 10.2 Å². The summed E-state index contributed by atoms with van der Waals surface area (Å²) in [5, 5.41) is 6.61. The average molecular weight is 464 g/mol. The largest absolute Gasteiger partial charge is 0.349 e. The molecule has 1 fully saturated rings. The predicted molar refractivity (Wildman–Crippen MR) is 126 cm³/mol. The van der Waals surface area contributed by atoms with E-state index in [0.717, 1.165) is 25.7 Å². The van der Waals surface area contributed by atoms with Crippen LogP contribution in [0.5, 0.6) is 0 Å². The molecule has 0 heterocycles. The summed E-state index contributed by atoms with van der Waals surface area (Å²) in [6.07, 6.45) is 5.49. The van der Waals surface area contributed by atoms with Gasteiger partial charge in [0.25, 0.3) is 11.8 Å². The maximum Gasteiger partial charge on any atom is 0.258 e. The first-order valence-corrected chi connectivity index (χ1v) is 11.0. The number of nitrogens with one attached hydrogen (secondary N) is 2. The summed E-state index contributed by atoms with van der Waals surface area (Å²) in [6.45, 7) is 0. The van der Waals surface area contributed by atoms with Gasteiger partial charge in [-0.05, 0) is 55.4 Å². The number of hydrogen-bond acceptors (Lipinski definition) is 3. The molecule has 0 spiro atoms. The fraction of sp³-hybridized carbons (Fsp3) is 0.318. The van der Waals surface area contributed by atoms with Gasteiger partial charge in [-0.1, -0.05) is 54.6 Å². The van der Waals surface area contributed by atoms with E-state index >= 15 is 0 Å². The molecule has 8 heteroatoms. The van der Waals surface area contributed by atoms with Crippen LogP contribution < -0.4 is 15.5 Å². The van der Waals surface area contributed by atoms with Crippen LogP contribution in [0.15, 0.2) is 42.5 Å². The molecular formula is C22H23Cl2N3O2S. The van der Waals surface area contributed by atoms with Crippen LogP contribution in [0.2, 0.25) is 10.0 Å². The summed E-state index contributed by atoms with van der Waals surface area (Å²) >= 11 is 17.4. The lowest BCUT2D eigenvalue weighted by Crippen LogP contribution is -2.42. The second-order valence-electron chi connectivity index (χ2n) is 7.27. The van der Waals surface area contributed by atoms with Crippen molar-refractivity contribution in [3.63, 3.8) is 0 Å². The maximum absolute atomic E-state index is 12.9. The van der Waals surface area contributed by atoms with Crippen LogP contribution >= 0.6 is 35.4 Å². The maximum atomic E-state index is 12.9. The van der Waals surface area contributed by atoms with E-state index < -0.39 is 5.91 Å². The molecule has 0 radical (unpaired) electrons. The lowest BCUT2D eigenvalue weighted by Gasteiger charge is -2.26. The zero-order valence-corrected chi connectivity index (χ0v) is 18.9. The molecule has 1 saturated carbocycles. The number of hydrogen-bond donors (Lipinski definition) is 2. The zero-order valence-electron chi connectivity index (χ0n) is 16.6. The van der Waals surface area contributed by atoms with Gasteiger partial charge in [0, 0.05) is 18.1 Å². The lowest BCUT2D eigenvalue weighted by molar-refractivity contribution is 0.0927. The number of carbonyl (C=O) groups excluding carboxylic acids is 2. The van der Waals surface area contributed by atoms with E-state index in [1.165, 1.54) is 18.6 Å². The van der Waals surface area contributed by atoms with Gasteiger partial charge in [-0.3, -0.25) is 14.9 Å². The highest BCUT2D eigenvalue weighted by atomic mass is 35.5. The fourth-order valence-electron chi connectivity index (χ4n) is 3.50. The van der Waals surface area contributed by atoms with Gasteiger partial charge in [0.1, 0.15) is 0 Å². The first kappa shape index (κ1) is 22.5. The number of para-hydroxylation sites is 1. The molecule has 0 aliphatic heterocycles. The molecule has 30 heavy (non-hydrogen) atoms. The van der Waals surface area contributed by atoms with Crippen molar-refractivity contribution in [2.75, 3.05) is 11.9 Å². The highest BCUT2D eigenvalue weighted by Gasteiger charge is 2.22. The van der Waals surface area contributed by atoms with Crippen molar-refractivity contribution in [3.05, 3.63) is 63.6 Å². The van der Waals surface area contributed by atoms with Crippen molar-refractivity contribution in [2.24, 2.45) is 0 Å². The van der Waals surface area contributed by atoms with E-state index in [1.54, 1.807) is 30.1 Å². The SMILES string of the molecule is CN(C(=S)NC(=O)c1ccc(Cl)cc1Cl)c1ccccc1C(=O)NC1CCCCC1. The number of nitrogens with zero attached hydrogens (tertiary/aromatic N) is 1. The van der Waals surface area contributed by atoms with E-state index in [0.29, 0.717) is 16.3 Å². The number of benzene rings is 2. The molecule has 2 N–H and O–H groups in total. The molecule has 0 atom stereocenters. The molecule has 5 nitrogen and oxygen atoms in total. The quantitative estimate of drug-likeness (QED) is 0.611. The summed E-state index contributed by atoms with van der Waals surface area (Å²) in [5.41, 5.74) is 1.38. The number of thiocarbonyl (C=S) groups is 1. The van der Waals surface area contributed by atoms with Gasteiger partial charge in [0.15, 0.2) is 5.11 Å². The zero-order chi connectivity index (χ0) is 21.7. The minimum Gasteiger partial charge on any atom is -0.349 e. The topological polar surface area (TPSA) is 61.4 Å². The molecule has 0 aromatic heterocycles. The molecule has 0 unspecified atom stereocenters. The first-order valence-electron chi connectivity index (χ1n) is 9.81. The number of carbonyl (C=O) groups is 2. The minimum absolute atomic E-state index is 0.140. The second-order valence-corrected chi connectivity index (χ2v) is 8.50. The first-order chi connectivity index (χ1) is 14.4. The van der Waals surface area contributed by atoms with Crippen LogP contribution in [-0.2, 0) is 0 Å². The van der Waals surface area contributed by atoms with E-state index in [-0.39, 0.29) is 27.6 Å². The van der Waals surface area contributed by atoms with Crippen LogP contribution in [0, 0.1) is 0 Å². The Kier molecular flexibility index (Phi) is 7.69. The standard InChI is InChI=1S/C22H23Cl2N3O2S/c1-27(22(30)26-20(28)16-12-11-14(23)13-18(16)24)19-10-6-5-9-17(19)21(29)25-15-7-3-2-4-8-15/h5-6,9-13,15H,2-4,7-8H2,1H3,(H,25,29)(H,26,28,30). The highest BCUT2D eigenvalue weighted by molar-refractivity contribution is 7.80. The van der Waals surface area contributed by atoms with Crippen molar-refractivity contribution in [1.82, 2.24) is 10.6 Å². The van der Waals surface area contributed by atoms with Crippen molar-refractivity contribution in [2.45, 2.75) is 38.1 Å². The summed E-state index contributed by atoms with van der Waals surface area (Å²) in [4.78, 5) is 27.1. The van der Waals surface area contributed by atoms with Gasteiger partial charge in [0.05, 0.1) is 21.8 Å². The molecule has 0 saturated heterocycles. The third kappa shape index (κ3) is 5.50. The second kappa shape index (κ2) is 10.2. The Labute approximate surface area is 191 Å². The van der Waals surface area contributed by atoms with E-state index in [4.69, 9.17) is 35.4 Å². The van der Waals surface area contributed by atoms with Gasteiger partial charge in [-0.25, -0.2) is 0 Å². The molecule has 158 valence electrons. The Hall–Kier alpha value is -2.15. The van der Waals surface area contributed by atoms with Gasteiger partial charge in [0.2, 0.25) is 0 Å². The Bertz CT molecular complexity index is 961. The summed E-state index contributed by atoms with van der Waals surface area (Å²) in [5.74, 6) is -0.586. The lowest BCUT2D eigenvalue weighted by atomic mass is 9.95. The minimum atomic E-state index is -0.447. The molecule has 2 amide bonds. The predicted octanol–water partition coefficient (Wildman–Crippen LogP) is 5.21. The monoisotopic (exact) mass is 463 g/mol. The highest BCUT2D eigenvalue weighted by Crippen LogP contribution is 2.23. The Morgan fingerprint density at radius 1 is 1.00 bits per heavy atom. The number of amides is 2. The number of anilines is 1. The van der Waals surface area contributed by atoms with Crippen LogP contribution in [0.4, 0.5) is 5.69 Å². The van der Waals surface area contributed by atoms with Gasteiger partial charge in [-0.2, -0.15) is 0 Å². The van der Waals surface area contributed by atoms with Gasteiger partial charge in [-0.15, -0.1) is 0 Å². The average Bonchev–Trinajstić information content (AvgIpc) is 2.73. The van der Waals surface area contributed by atoms with Crippen molar-refractivity contribution >= 4 is 58.0 Å².